The number of furan rings is 1. The van der Waals surface area contributed by atoms with Crippen molar-refractivity contribution in [3.63, 3.8) is 0 Å². The quantitative estimate of drug-likeness (QED) is 0.487. The van der Waals surface area contributed by atoms with Gasteiger partial charge in [0.05, 0.1) is 12.8 Å². The van der Waals surface area contributed by atoms with Gasteiger partial charge in [0.25, 0.3) is 0 Å². The molecule has 0 unspecified atom stereocenters. The predicted octanol–water partition coefficient (Wildman–Crippen LogP) is 4.27. The van der Waals surface area contributed by atoms with Gasteiger partial charge in [-0.3, -0.25) is 9.55 Å². The smallest absolute Gasteiger partial charge is 0.192 e. The van der Waals surface area contributed by atoms with Gasteiger partial charge in [-0.1, -0.05) is 42.1 Å². The van der Waals surface area contributed by atoms with E-state index in [0.717, 1.165) is 28.1 Å². The fourth-order valence-electron chi connectivity index (χ4n) is 2.53. The SMILES string of the molecule is c1ccc(CSc2nnc(-c3ccncc3)n2Cc2ccco2)cc1. The Morgan fingerprint density at radius 1 is 0.920 bits per heavy atom. The Morgan fingerprint density at radius 3 is 2.52 bits per heavy atom. The van der Waals surface area contributed by atoms with Crippen LogP contribution in [0.25, 0.3) is 11.4 Å². The average Bonchev–Trinajstić information content (AvgIpc) is 3.32. The van der Waals surface area contributed by atoms with Gasteiger partial charge in [0.1, 0.15) is 5.76 Å². The van der Waals surface area contributed by atoms with Gasteiger partial charge in [-0.05, 0) is 29.8 Å². The van der Waals surface area contributed by atoms with Crippen LogP contribution in [0.5, 0.6) is 0 Å². The Labute approximate surface area is 149 Å². The molecule has 0 saturated carbocycles. The monoisotopic (exact) mass is 348 g/mol. The van der Waals surface area contributed by atoms with Crippen molar-refractivity contribution in [3.8, 4) is 11.4 Å². The molecule has 0 spiro atoms. The van der Waals surface area contributed by atoms with Crippen LogP contribution in [0.1, 0.15) is 11.3 Å². The van der Waals surface area contributed by atoms with Crippen molar-refractivity contribution < 1.29 is 4.42 Å². The minimum atomic E-state index is 0.592. The van der Waals surface area contributed by atoms with Crippen LogP contribution in [0.2, 0.25) is 0 Å². The molecule has 0 saturated heterocycles. The van der Waals surface area contributed by atoms with Crippen LogP contribution in [0.4, 0.5) is 0 Å². The third-order valence-corrected chi connectivity index (χ3v) is 4.80. The van der Waals surface area contributed by atoms with E-state index in [9.17, 15) is 0 Å². The normalized spacial score (nSPS) is 10.9. The molecule has 0 bridgehead atoms. The zero-order chi connectivity index (χ0) is 16.9. The molecule has 1 aromatic carbocycles. The molecule has 0 amide bonds. The van der Waals surface area contributed by atoms with Crippen molar-refractivity contribution >= 4 is 11.8 Å². The number of hydrogen-bond acceptors (Lipinski definition) is 5. The highest BCUT2D eigenvalue weighted by Gasteiger charge is 2.15. The first-order valence-electron chi connectivity index (χ1n) is 7.93. The molecule has 124 valence electrons. The first-order chi connectivity index (χ1) is 12.4. The second kappa shape index (κ2) is 7.36. The van der Waals surface area contributed by atoms with E-state index >= 15 is 0 Å². The molecule has 3 heterocycles. The van der Waals surface area contributed by atoms with Gasteiger partial charge in [0.15, 0.2) is 11.0 Å². The third kappa shape index (κ3) is 3.64. The van der Waals surface area contributed by atoms with Gasteiger partial charge in [-0.2, -0.15) is 0 Å². The van der Waals surface area contributed by atoms with Crippen LogP contribution in [-0.4, -0.2) is 19.7 Å². The van der Waals surface area contributed by atoms with Crippen molar-refractivity contribution in [1.82, 2.24) is 19.7 Å². The third-order valence-electron chi connectivity index (χ3n) is 3.76. The van der Waals surface area contributed by atoms with Crippen molar-refractivity contribution in [3.05, 3.63) is 84.6 Å². The van der Waals surface area contributed by atoms with Crippen LogP contribution in [0.3, 0.4) is 0 Å². The highest BCUT2D eigenvalue weighted by atomic mass is 32.2. The van der Waals surface area contributed by atoms with E-state index in [1.165, 1.54) is 5.56 Å². The molecular formula is C19H16N4OS. The zero-order valence-corrected chi connectivity index (χ0v) is 14.3. The molecule has 4 rings (SSSR count). The first-order valence-corrected chi connectivity index (χ1v) is 8.91. The lowest BCUT2D eigenvalue weighted by molar-refractivity contribution is 0.485. The molecule has 0 aliphatic heterocycles. The Kier molecular flexibility index (Phi) is 4.61. The van der Waals surface area contributed by atoms with Crippen LogP contribution in [-0.2, 0) is 12.3 Å². The number of pyridine rings is 1. The summed E-state index contributed by atoms with van der Waals surface area (Å²) in [4.78, 5) is 4.08. The molecule has 25 heavy (non-hydrogen) atoms. The summed E-state index contributed by atoms with van der Waals surface area (Å²) < 4.78 is 7.60. The molecule has 0 fully saturated rings. The molecule has 0 N–H and O–H groups in total. The van der Waals surface area contributed by atoms with Gasteiger partial charge in [0.2, 0.25) is 0 Å². The zero-order valence-electron chi connectivity index (χ0n) is 13.4. The molecule has 0 aliphatic rings. The van der Waals surface area contributed by atoms with Gasteiger partial charge < -0.3 is 4.42 Å². The van der Waals surface area contributed by atoms with E-state index in [-0.39, 0.29) is 0 Å². The topological polar surface area (TPSA) is 56.7 Å². The van der Waals surface area contributed by atoms with Crippen LogP contribution in [0.15, 0.2) is 82.8 Å². The number of hydrogen-bond donors (Lipinski definition) is 0. The minimum Gasteiger partial charge on any atom is -0.467 e. The number of thioether (sulfide) groups is 1. The van der Waals surface area contributed by atoms with Gasteiger partial charge in [0, 0.05) is 23.7 Å². The molecule has 4 aromatic rings. The van der Waals surface area contributed by atoms with E-state index < -0.39 is 0 Å². The van der Waals surface area contributed by atoms with E-state index in [1.807, 2.05) is 42.5 Å². The van der Waals surface area contributed by atoms with Crippen LogP contribution in [0, 0.1) is 0 Å². The molecule has 0 aliphatic carbocycles. The standard InChI is InChI=1S/C19H16N4OS/c1-2-5-15(6-3-1)14-25-19-22-21-18(16-8-10-20-11-9-16)23(19)13-17-7-4-12-24-17/h1-12H,13-14H2. The molecule has 6 heteroatoms. The van der Waals surface area contributed by atoms with Gasteiger partial charge >= 0.3 is 0 Å². The molecule has 5 nitrogen and oxygen atoms in total. The molecule has 0 radical (unpaired) electrons. The van der Waals surface area contributed by atoms with Crippen molar-refractivity contribution in [2.24, 2.45) is 0 Å². The summed E-state index contributed by atoms with van der Waals surface area (Å²) in [6.07, 6.45) is 5.21. The number of benzene rings is 1. The summed E-state index contributed by atoms with van der Waals surface area (Å²) in [5, 5.41) is 9.67. The fraction of sp³-hybridized carbons (Fsp3) is 0.105. The van der Waals surface area contributed by atoms with Gasteiger partial charge in [-0.15, -0.1) is 10.2 Å². The summed E-state index contributed by atoms with van der Waals surface area (Å²) in [6.45, 7) is 0.592. The summed E-state index contributed by atoms with van der Waals surface area (Å²) in [5.74, 6) is 2.53. The number of aromatic nitrogens is 4. The number of rotatable bonds is 6. The van der Waals surface area contributed by atoms with Crippen molar-refractivity contribution in [1.29, 1.82) is 0 Å². The molecule has 0 atom stereocenters. The maximum atomic E-state index is 5.52. The van der Waals surface area contributed by atoms with Crippen molar-refractivity contribution in [2.45, 2.75) is 17.5 Å². The summed E-state index contributed by atoms with van der Waals surface area (Å²) in [5.41, 5.74) is 2.24. The fourth-order valence-corrected chi connectivity index (χ4v) is 3.43. The lowest BCUT2D eigenvalue weighted by Crippen LogP contribution is -2.03. The van der Waals surface area contributed by atoms with E-state index in [4.69, 9.17) is 4.42 Å². The van der Waals surface area contributed by atoms with Crippen molar-refractivity contribution in [2.75, 3.05) is 0 Å². The lowest BCUT2D eigenvalue weighted by atomic mass is 10.2. The maximum absolute atomic E-state index is 5.52. The van der Waals surface area contributed by atoms with E-state index in [2.05, 4.69) is 31.9 Å². The Hall–Kier alpha value is -2.86. The summed E-state index contributed by atoms with van der Waals surface area (Å²) in [6, 6.07) is 18.1. The Bertz CT molecular complexity index is 921. The highest BCUT2D eigenvalue weighted by Crippen LogP contribution is 2.27. The number of nitrogens with zero attached hydrogens (tertiary/aromatic N) is 4. The maximum Gasteiger partial charge on any atom is 0.192 e. The Morgan fingerprint density at radius 2 is 1.76 bits per heavy atom. The van der Waals surface area contributed by atoms with Crippen LogP contribution < -0.4 is 0 Å². The van der Waals surface area contributed by atoms with Gasteiger partial charge in [-0.25, -0.2) is 0 Å². The first kappa shape index (κ1) is 15.7. The van der Waals surface area contributed by atoms with E-state index in [0.29, 0.717) is 6.54 Å². The second-order valence-corrected chi connectivity index (χ2v) is 6.42. The molecule has 3 aromatic heterocycles. The molecular weight excluding hydrogens is 332 g/mol. The summed E-state index contributed by atoms with van der Waals surface area (Å²) >= 11 is 1.67. The average molecular weight is 348 g/mol. The predicted molar refractivity (Wildman–Crippen MR) is 97.1 cm³/mol. The highest BCUT2D eigenvalue weighted by molar-refractivity contribution is 7.98. The van der Waals surface area contributed by atoms with E-state index in [1.54, 1.807) is 30.4 Å². The van der Waals surface area contributed by atoms with Crippen LogP contribution >= 0.6 is 11.8 Å². The minimum absolute atomic E-state index is 0.592. The largest absolute Gasteiger partial charge is 0.467 e. The Balaban J connectivity index is 1.65. The lowest BCUT2D eigenvalue weighted by Gasteiger charge is -2.08. The summed E-state index contributed by atoms with van der Waals surface area (Å²) in [7, 11) is 0. The second-order valence-electron chi connectivity index (χ2n) is 5.48.